The van der Waals surface area contributed by atoms with Gasteiger partial charge in [-0.1, -0.05) is 35.9 Å². The van der Waals surface area contributed by atoms with Gasteiger partial charge in [0.1, 0.15) is 11.6 Å². The van der Waals surface area contributed by atoms with Crippen molar-refractivity contribution in [3.05, 3.63) is 54.1 Å². The first kappa shape index (κ1) is 27.4. The van der Waals surface area contributed by atoms with Gasteiger partial charge in [0.2, 0.25) is 5.91 Å². The summed E-state index contributed by atoms with van der Waals surface area (Å²) in [5.41, 5.74) is 0.211. The normalized spacial score (nSPS) is 27.8. The fourth-order valence-corrected chi connectivity index (χ4v) is 6.54. The maximum absolute atomic E-state index is 14.4. The summed E-state index contributed by atoms with van der Waals surface area (Å²) < 4.78 is 12.0. The van der Waals surface area contributed by atoms with Crippen molar-refractivity contribution in [3.63, 3.8) is 0 Å². The SMILES string of the molecule is C=CCCCOC(=O)[C@@H]1[C@H]2C(=O)N(CCCO)C(C(=O)N(CC=C)c3c(C)cccc3Cl)C23CC[C@H]1O3. The van der Waals surface area contributed by atoms with Crippen LogP contribution >= 0.6 is 11.6 Å². The van der Waals surface area contributed by atoms with Crippen molar-refractivity contribution in [2.45, 2.75) is 56.8 Å². The van der Waals surface area contributed by atoms with E-state index in [0.29, 0.717) is 36.4 Å². The highest BCUT2D eigenvalue weighted by Gasteiger charge is 2.75. The van der Waals surface area contributed by atoms with E-state index >= 15 is 0 Å². The zero-order valence-electron chi connectivity index (χ0n) is 21.2. The smallest absolute Gasteiger partial charge is 0.312 e. The third-order valence-electron chi connectivity index (χ3n) is 7.70. The molecular formula is C28H35ClN2O6. The number of carbonyl (C=O) groups excluding carboxylic acids is 3. The van der Waals surface area contributed by atoms with Crippen LogP contribution in [0.5, 0.6) is 0 Å². The summed E-state index contributed by atoms with van der Waals surface area (Å²) in [4.78, 5) is 44.4. The Morgan fingerprint density at radius 3 is 2.78 bits per heavy atom. The molecule has 0 aromatic heterocycles. The second-order valence-electron chi connectivity index (χ2n) is 9.91. The van der Waals surface area contributed by atoms with Crippen LogP contribution in [0, 0.1) is 18.8 Å². The molecule has 0 aliphatic carbocycles. The molecule has 0 saturated carbocycles. The Labute approximate surface area is 222 Å². The van der Waals surface area contributed by atoms with E-state index in [1.54, 1.807) is 23.1 Å². The minimum Gasteiger partial charge on any atom is -0.465 e. The van der Waals surface area contributed by atoms with Gasteiger partial charge in [-0.25, -0.2) is 0 Å². The minimum absolute atomic E-state index is 0.138. The molecule has 200 valence electrons. The van der Waals surface area contributed by atoms with E-state index in [-0.39, 0.29) is 38.1 Å². The summed E-state index contributed by atoms with van der Waals surface area (Å²) in [5, 5.41) is 9.93. The van der Waals surface area contributed by atoms with Crippen LogP contribution in [-0.2, 0) is 23.9 Å². The van der Waals surface area contributed by atoms with E-state index < -0.39 is 35.6 Å². The number of fused-ring (bicyclic) bond motifs is 1. The number of likely N-dealkylation sites (tertiary alicyclic amines) is 1. The topological polar surface area (TPSA) is 96.4 Å². The van der Waals surface area contributed by atoms with Crippen molar-refractivity contribution in [3.8, 4) is 0 Å². The average Bonchev–Trinajstić information content (AvgIpc) is 3.51. The number of esters is 1. The van der Waals surface area contributed by atoms with Crippen LogP contribution in [0.25, 0.3) is 0 Å². The lowest BCUT2D eigenvalue weighted by molar-refractivity contribution is -0.155. The van der Waals surface area contributed by atoms with Crippen molar-refractivity contribution >= 4 is 35.1 Å². The van der Waals surface area contributed by atoms with Gasteiger partial charge >= 0.3 is 5.97 Å². The highest BCUT2D eigenvalue weighted by molar-refractivity contribution is 6.34. The van der Waals surface area contributed by atoms with E-state index in [1.807, 2.05) is 19.1 Å². The molecule has 8 nitrogen and oxygen atoms in total. The summed E-state index contributed by atoms with van der Waals surface area (Å²) in [6.45, 7) is 9.81. The lowest BCUT2D eigenvalue weighted by Crippen LogP contribution is -2.56. The Hall–Kier alpha value is -2.68. The molecule has 2 amide bonds. The number of benzene rings is 1. The molecule has 1 aromatic carbocycles. The number of hydrogen-bond acceptors (Lipinski definition) is 6. The molecule has 1 N–H and O–H groups in total. The minimum atomic E-state index is -1.15. The summed E-state index contributed by atoms with van der Waals surface area (Å²) in [6.07, 6.45) is 5.59. The Morgan fingerprint density at radius 2 is 2.11 bits per heavy atom. The number of rotatable bonds is 12. The number of unbranched alkanes of at least 4 members (excludes halogenated alkanes) is 1. The molecule has 3 heterocycles. The van der Waals surface area contributed by atoms with Gasteiger partial charge in [0, 0.05) is 19.7 Å². The summed E-state index contributed by atoms with van der Waals surface area (Å²) >= 11 is 6.54. The maximum Gasteiger partial charge on any atom is 0.312 e. The van der Waals surface area contributed by atoms with E-state index in [9.17, 15) is 19.5 Å². The molecule has 1 aromatic rings. The maximum atomic E-state index is 14.4. The number of allylic oxidation sites excluding steroid dienone is 1. The molecule has 0 radical (unpaired) electrons. The van der Waals surface area contributed by atoms with Crippen LogP contribution in [0.15, 0.2) is 43.5 Å². The molecule has 1 spiro atoms. The zero-order chi connectivity index (χ0) is 26.7. The predicted molar refractivity (Wildman–Crippen MR) is 140 cm³/mol. The number of nitrogens with zero attached hydrogens (tertiary/aromatic N) is 2. The molecule has 3 saturated heterocycles. The number of anilines is 1. The lowest BCUT2D eigenvalue weighted by Gasteiger charge is -2.37. The number of halogens is 1. The monoisotopic (exact) mass is 530 g/mol. The van der Waals surface area contributed by atoms with Crippen LogP contribution in [0.1, 0.15) is 37.7 Å². The van der Waals surface area contributed by atoms with Crippen LogP contribution in [0.4, 0.5) is 5.69 Å². The number of aliphatic hydroxyl groups is 1. The molecule has 3 fully saturated rings. The first-order valence-electron chi connectivity index (χ1n) is 12.9. The standard InChI is InChI=1S/C28H35ClN2O6/c1-4-6-7-17-36-27(35)21-20-12-13-28(37-20)22(21)25(33)31(15-9-16-32)24(28)26(34)30(14-5-2)23-18(3)10-8-11-19(23)29/h4-5,8,10-11,20-22,24,32H,1-2,6-7,9,12-17H2,3H3/t20-,21+,22+,24?,28?/m1/s1. The van der Waals surface area contributed by atoms with Crippen molar-refractivity contribution in [2.75, 3.05) is 31.2 Å². The number of aryl methyl sites for hydroxylation is 1. The molecule has 37 heavy (non-hydrogen) atoms. The Bertz CT molecular complexity index is 1060. The third kappa shape index (κ3) is 4.71. The van der Waals surface area contributed by atoms with Crippen LogP contribution in [-0.4, -0.2) is 71.8 Å². The van der Waals surface area contributed by atoms with E-state index in [4.69, 9.17) is 21.1 Å². The summed E-state index contributed by atoms with van der Waals surface area (Å²) in [7, 11) is 0. The number of para-hydroxylation sites is 1. The second-order valence-corrected chi connectivity index (χ2v) is 10.3. The first-order valence-corrected chi connectivity index (χ1v) is 13.2. The molecule has 2 bridgehead atoms. The van der Waals surface area contributed by atoms with Gasteiger partial charge in [0.05, 0.1) is 35.3 Å². The average molecular weight is 531 g/mol. The highest BCUT2D eigenvalue weighted by Crippen LogP contribution is 2.59. The molecule has 3 aliphatic rings. The van der Waals surface area contributed by atoms with Crippen molar-refractivity contribution in [1.29, 1.82) is 0 Å². The number of aliphatic hydroxyl groups excluding tert-OH is 1. The van der Waals surface area contributed by atoms with Gasteiger partial charge < -0.3 is 24.4 Å². The predicted octanol–water partition coefficient (Wildman–Crippen LogP) is 3.43. The van der Waals surface area contributed by atoms with E-state index in [0.717, 1.165) is 12.0 Å². The summed E-state index contributed by atoms with van der Waals surface area (Å²) in [6, 6.07) is 4.43. The van der Waals surface area contributed by atoms with Crippen molar-refractivity contribution < 1.29 is 29.0 Å². The van der Waals surface area contributed by atoms with Crippen molar-refractivity contribution in [1.82, 2.24) is 4.90 Å². The molecule has 4 rings (SSSR count). The van der Waals surface area contributed by atoms with E-state index in [2.05, 4.69) is 13.2 Å². The number of carbonyl (C=O) groups is 3. The number of hydrogen-bond donors (Lipinski definition) is 1. The molecule has 2 unspecified atom stereocenters. The van der Waals surface area contributed by atoms with Gasteiger partial charge in [0.25, 0.3) is 5.91 Å². The molecular weight excluding hydrogens is 496 g/mol. The van der Waals surface area contributed by atoms with E-state index in [1.165, 1.54) is 4.90 Å². The van der Waals surface area contributed by atoms with Gasteiger partial charge in [-0.15, -0.1) is 13.2 Å². The van der Waals surface area contributed by atoms with Crippen LogP contribution < -0.4 is 4.90 Å². The fraction of sp³-hybridized carbons (Fsp3) is 0.536. The Balaban J connectivity index is 1.71. The fourth-order valence-electron chi connectivity index (χ4n) is 6.21. The van der Waals surface area contributed by atoms with Gasteiger partial charge in [-0.3, -0.25) is 14.4 Å². The van der Waals surface area contributed by atoms with Gasteiger partial charge in [0.15, 0.2) is 0 Å². The lowest BCUT2D eigenvalue weighted by atomic mass is 9.70. The quantitative estimate of drug-likeness (QED) is 0.253. The van der Waals surface area contributed by atoms with Gasteiger partial charge in [-0.2, -0.15) is 0 Å². The third-order valence-corrected chi connectivity index (χ3v) is 8.00. The molecule has 9 heteroatoms. The van der Waals surface area contributed by atoms with Gasteiger partial charge in [-0.05, 0) is 50.7 Å². The van der Waals surface area contributed by atoms with Crippen LogP contribution in [0.2, 0.25) is 5.02 Å². The molecule has 5 atom stereocenters. The van der Waals surface area contributed by atoms with Crippen LogP contribution in [0.3, 0.4) is 0 Å². The summed E-state index contributed by atoms with van der Waals surface area (Å²) in [5.74, 6) is -2.70. The Morgan fingerprint density at radius 1 is 1.32 bits per heavy atom. The number of ether oxygens (including phenoxy) is 2. The first-order chi connectivity index (χ1) is 17.8. The molecule has 3 aliphatic heterocycles. The largest absolute Gasteiger partial charge is 0.465 e. The van der Waals surface area contributed by atoms with Crippen molar-refractivity contribution in [2.24, 2.45) is 11.8 Å². The highest BCUT2D eigenvalue weighted by atomic mass is 35.5. The second kappa shape index (κ2) is 11.4. The zero-order valence-corrected chi connectivity index (χ0v) is 22.0. The Kier molecular flexibility index (Phi) is 8.41. The number of amides is 2.